The van der Waals surface area contributed by atoms with Gasteiger partial charge in [0.1, 0.15) is 6.04 Å². The molecule has 1 N–H and O–H groups in total. The summed E-state index contributed by atoms with van der Waals surface area (Å²) in [4.78, 5) is 48.4. The van der Waals surface area contributed by atoms with E-state index in [1.807, 2.05) is 19.1 Å². The van der Waals surface area contributed by atoms with Gasteiger partial charge in [-0.15, -0.1) is 0 Å². The number of nitrogens with one attached hydrogen (secondary N) is 1. The SMILES string of the molecule is C\C=C(/C=C(C)\C(=C/C)C(=O)N(C=O)C1CCC(=O)NC1=O)C(C)C. The Labute approximate surface area is 148 Å². The molecule has 6 nitrogen and oxygen atoms in total. The van der Waals surface area contributed by atoms with Crippen LogP contribution in [0.15, 0.2) is 34.9 Å². The van der Waals surface area contributed by atoms with Gasteiger partial charge in [0.2, 0.25) is 18.2 Å². The van der Waals surface area contributed by atoms with E-state index in [1.54, 1.807) is 19.9 Å². The van der Waals surface area contributed by atoms with Crippen LogP contribution in [-0.4, -0.2) is 35.1 Å². The maximum atomic E-state index is 12.8. The van der Waals surface area contributed by atoms with E-state index in [0.717, 1.165) is 10.5 Å². The highest BCUT2D eigenvalue weighted by Crippen LogP contribution is 2.21. The smallest absolute Gasteiger partial charge is 0.260 e. The molecule has 0 aromatic carbocycles. The number of hydrogen-bond acceptors (Lipinski definition) is 4. The van der Waals surface area contributed by atoms with Gasteiger partial charge in [0.25, 0.3) is 5.91 Å². The molecular weight excluding hydrogens is 320 g/mol. The molecule has 1 aliphatic heterocycles. The number of nitrogens with zero attached hydrogens (tertiary/aromatic N) is 1. The van der Waals surface area contributed by atoms with Gasteiger partial charge in [-0.3, -0.25) is 29.4 Å². The van der Waals surface area contributed by atoms with Crippen LogP contribution in [0.3, 0.4) is 0 Å². The Hall–Kier alpha value is -2.50. The highest BCUT2D eigenvalue weighted by molar-refractivity contribution is 6.08. The Morgan fingerprint density at radius 2 is 1.88 bits per heavy atom. The van der Waals surface area contributed by atoms with Crippen LogP contribution in [0.4, 0.5) is 0 Å². The second kappa shape index (κ2) is 9.11. The predicted octanol–water partition coefficient (Wildman–Crippen LogP) is 2.27. The quantitative estimate of drug-likeness (QED) is 0.346. The van der Waals surface area contributed by atoms with Crippen molar-refractivity contribution in [3.05, 3.63) is 34.9 Å². The van der Waals surface area contributed by atoms with Crippen molar-refractivity contribution >= 4 is 24.1 Å². The molecule has 0 saturated carbocycles. The van der Waals surface area contributed by atoms with Crippen molar-refractivity contribution in [3.63, 3.8) is 0 Å². The van der Waals surface area contributed by atoms with Crippen LogP contribution >= 0.6 is 0 Å². The van der Waals surface area contributed by atoms with Crippen LogP contribution in [0.5, 0.6) is 0 Å². The van der Waals surface area contributed by atoms with Gasteiger partial charge in [-0.25, -0.2) is 0 Å². The lowest BCUT2D eigenvalue weighted by molar-refractivity contribution is -0.148. The van der Waals surface area contributed by atoms with Gasteiger partial charge in [-0.1, -0.05) is 32.1 Å². The molecule has 0 radical (unpaired) electrons. The lowest BCUT2D eigenvalue weighted by Gasteiger charge is -2.29. The number of imide groups is 2. The number of allylic oxidation sites excluding steroid dienone is 4. The van der Waals surface area contributed by atoms with E-state index in [2.05, 4.69) is 19.2 Å². The minimum atomic E-state index is -0.961. The zero-order chi connectivity index (χ0) is 19.1. The second-order valence-electron chi connectivity index (χ2n) is 6.26. The summed E-state index contributed by atoms with van der Waals surface area (Å²) in [5.41, 5.74) is 2.15. The van der Waals surface area contributed by atoms with Crippen LogP contribution in [0.1, 0.15) is 47.5 Å². The van der Waals surface area contributed by atoms with Crippen molar-refractivity contribution < 1.29 is 19.2 Å². The van der Waals surface area contributed by atoms with Crippen molar-refractivity contribution in [2.24, 2.45) is 5.92 Å². The molecule has 25 heavy (non-hydrogen) atoms. The monoisotopic (exact) mass is 346 g/mol. The summed E-state index contributed by atoms with van der Waals surface area (Å²) < 4.78 is 0. The number of carbonyl (C=O) groups excluding carboxylic acids is 4. The van der Waals surface area contributed by atoms with E-state index in [-0.39, 0.29) is 12.8 Å². The topological polar surface area (TPSA) is 83.6 Å². The normalized spacial score (nSPS) is 19.8. The Bertz CT molecular complexity index is 656. The Morgan fingerprint density at radius 1 is 1.24 bits per heavy atom. The molecule has 1 heterocycles. The minimum absolute atomic E-state index is 0.101. The minimum Gasteiger partial charge on any atom is -0.295 e. The average Bonchev–Trinajstić information content (AvgIpc) is 2.55. The van der Waals surface area contributed by atoms with Crippen LogP contribution in [0, 0.1) is 5.92 Å². The van der Waals surface area contributed by atoms with E-state index in [0.29, 0.717) is 23.5 Å². The summed E-state index contributed by atoms with van der Waals surface area (Å²) in [6.45, 7) is 9.54. The lowest BCUT2D eigenvalue weighted by atomic mass is 9.96. The largest absolute Gasteiger partial charge is 0.295 e. The molecule has 1 aliphatic rings. The standard InChI is InChI=1S/C19H26N2O4/c1-6-14(12(3)4)10-13(5)15(7-2)19(25)21(11-22)16-8-9-17(23)20-18(16)24/h6-7,10-12,16H,8-9H2,1-5H3,(H,20,23,24)/b13-10-,14-6+,15-7+. The maximum absolute atomic E-state index is 12.8. The summed E-state index contributed by atoms with van der Waals surface area (Å²) >= 11 is 0. The van der Waals surface area contributed by atoms with Gasteiger partial charge >= 0.3 is 0 Å². The number of amides is 4. The third kappa shape index (κ3) is 4.98. The van der Waals surface area contributed by atoms with Gasteiger partial charge in [-0.05, 0) is 44.3 Å². The van der Waals surface area contributed by atoms with Crippen LogP contribution in [0.2, 0.25) is 0 Å². The van der Waals surface area contributed by atoms with Crippen molar-refractivity contribution in [2.75, 3.05) is 0 Å². The molecule has 1 unspecified atom stereocenters. The van der Waals surface area contributed by atoms with Crippen molar-refractivity contribution in [2.45, 2.75) is 53.5 Å². The third-order valence-electron chi connectivity index (χ3n) is 4.22. The second-order valence-corrected chi connectivity index (χ2v) is 6.26. The fourth-order valence-corrected chi connectivity index (χ4v) is 2.78. The molecule has 1 rings (SSSR count). The molecule has 0 aromatic rings. The van der Waals surface area contributed by atoms with Crippen molar-refractivity contribution in [1.29, 1.82) is 0 Å². The van der Waals surface area contributed by atoms with E-state index >= 15 is 0 Å². The molecule has 0 aromatic heterocycles. The zero-order valence-corrected chi connectivity index (χ0v) is 15.5. The summed E-state index contributed by atoms with van der Waals surface area (Å²) in [6.07, 6.45) is 6.11. The number of rotatable bonds is 6. The molecule has 4 amide bonds. The summed E-state index contributed by atoms with van der Waals surface area (Å²) in [7, 11) is 0. The van der Waals surface area contributed by atoms with E-state index in [1.165, 1.54) is 0 Å². The molecule has 1 fully saturated rings. The lowest BCUT2D eigenvalue weighted by Crippen LogP contribution is -2.54. The highest BCUT2D eigenvalue weighted by atomic mass is 16.2. The molecule has 0 bridgehead atoms. The highest BCUT2D eigenvalue weighted by Gasteiger charge is 2.35. The van der Waals surface area contributed by atoms with Gasteiger partial charge in [0.15, 0.2) is 0 Å². The number of hydrogen-bond donors (Lipinski definition) is 1. The molecule has 0 spiro atoms. The zero-order valence-electron chi connectivity index (χ0n) is 15.5. The molecule has 136 valence electrons. The van der Waals surface area contributed by atoms with Gasteiger partial charge in [-0.2, -0.15) is 0 Å². The van der Waals surface area contributed by atoms with E-state index in [4.69, 9.17) is 0 Å². The van der Waals surface area contributed by atoms with Crippen LogP contribution in [0.25, 0.3) is 0 Å². The Kier molecular flexibility index (Phi) is 7.48. The van der Waals surface area contributed by atoms with Gasteiger partial charge in [0, 0.05) is 12.0 Å². The third-order valence-corrected chi connectivity index (χ3v) is 4.22. The molecule has 1 atom stereocenters. The van der Waals surface area contributed by atoms with Gasteiger partial charge in [0.05, 0.1) is 0 Å². The Balaban J connectivity index is 3.11. The predicted molar refractivity (Wildman–Crippen MR) is 95.2 cm³/mol. The fraction of sp³-hybridized carbons (Fsp3) is 0.474. The number of carbonyl (C=O) groups is 4. The molecule has 1 saturated heterocycles. The fourth-order valence-electron chi connectivity index (χ4n) is 2.78. The molecular formula is C19H26N2O4. The molecule has 6 heteroatoms. The first-order valence-electron chi connectivity index (χ1n) is 8.39. The Morgan fingerprint density at radius 3 is 2.32 bits per heavy atom. The first-order valence-corrected chi connectivity index (χ1v) is 8.39. The average molecular weight is 346 g/mol. The first kappa shape index (κ1) is 20.5. The first-order chi connectivity index (χ1) is 11.8. The summed E-state index contributed by atoms with van der Waals surface area (Å²) in [6, 6.07) is -0.961. The molecule has 0 aliphatic carbocycles. The van der Waals surface area contributed by atoms with Crippen LogP contribution in [-0.2, 0) is 19.2 Å². The van der Waals surface area contributed by atoms with E-state index in [9.17, 15) is 19.2 Å². The van der Waals surface area contributed by atoms with Crippen molar-refractivity contribution in [1.82, 2.24) is 10.2 Å². The van der Waals surface area contributed by atoms with Crippen molar-refractivity contribution in [3.8, 4) is 0 Å². The summed E-state index contributed by atoms with van der Waals surface area (Å²) in [5, 5.41) is 2.17. The maximum Gasteiger partial charge on any atom is 0.260 e. The number of piperidine rings is 1. The van der Waals surface area contributed by atoms with E-state index < -0.39 is 23.8 Å². The van der Waals surface area contributed by atoms with Crippen LogP contribution < -0.4 is 5.32 Å². The summed E-state index contributed by atoms with van der Waals surface area (Å²) in [5.74, 6) is -1.26. The van der Waals surface area contributed by atoms with Gasteiger partial charge < -0.3 is 0 Å².